The SMILES string of the molecule is Cc1ccc(-c2nc3n(n2)C[C@@H](C(F)(F)F)CC3)cc1NC(=O)c1cnc2ccccn12. The number of pyridine rings is 1. The third kappa shape index (κ3) is 3.61. The van der Waals surface area contributed by atoms with Gasteiger partial charge in [-0.25, -0.2) is 14.6 Å². The maximum absolute atomic E-state index is 13.1. The molecule has 32 heavy (non-hydrogen) atoms. The molecule has 164 valence electrons. The van der Waals surface area contributed by atoms with Gasteiger partial charge >= 0.3 is 6.18 Å². The zero-order chi connectivity index (χ0) is 22.5. The Hall–Kier alpha value is -3.69. The van der Waals surface area contributed by atoms with E-state index in [0.717, 1.165) is 5.56 Å². The number of hydrogen-bond donors (Lipinski definition) is 1. The molecule has 1 aromatic carbocycles. The van der Waals surface area contributed by atoms with Crippen LogP contribution in [0, 0.1) is 12.8 Å². The molecular formula is C22H19F3N6O. The summed E-state index contributed by atoms with van der Waals surface area (Å²) in [6, 6.07) is 10.8. The largest absolute Gasteiger partial charge is 0.393 e. The molecule has 1 atom stereocenters. The van der Waals surface area contributed by atoms with Gasteiger partial charge in [0.15, 0.2) is 5.82 Å². The Morgan fingerprint density at radius 1 is 1.22 bits per heavy atom. The summed E-state index contributed by atoms with van der Waals surface area (Å²) < 4.78 is 42.3. The third-order valence-corrected chi connectivity index (χ3v) is 5.71. The number of anilines is 1. The zero-order valence-electron chi connectivity index (χ0n) is 17.1. The third-order valence-electron chi connectivity index (χ3n) is 5.71. The van der Waals surface area contributed by atoms with Crippen LogP contribution in [0.3, 0.4) is 0 Å². The Balaban J connectivity index is 1.41. The maximum atomic E-state index is 13.1. The second kappa shape index (κ2) is 7.47. The molecule has 4 aromatic rings. The topological polar surface area (TPSA) is 77.1 Å². The van der Waals surface area contributed by atoms with Crippen LogP contribution < -0.4 is 5.32 Å². The lowest BCUT2D eigenvalue weighted by Gasteiger charge is -2.24. The van der Waals surface area contributed by atoms with Crippen LogP contribution in [0.25, 0.3) is 17.0 Å². The lowest BCUT2D eigenvalue weighted by molar-refractivity contribution is -0.182. The van der Waals surface area contributed by atoms with Crippen LogP contribution in [0.2, 0.25) is 0 Å². The maximum Gasteiger partial charge on any atom is 0.393 e. The molecule has 5 rings (SSSR count). The van der Waals surface area contributed by atoms with Crippen molar-refractivity contribution in [3.05, 3.63) is 65.9 Å². The fraction of sp³-hybridized carbons (Fsp3) is 0.273. The van der Waals surface area contributed by atoms with E-state index in [-0.39, 0.29) is 25.3 Å². The molecule has 0 saturated heterocycles. The average molecular weight is 440 g/mol. The smallest absolute Gasteiger partial charge is 0.320 e. The van der Waals surface area contributed by atoms with E-state index < -0.39 is 12.1 Å². The van der Waals surface area contributed by atoms with Gasteiger partial charge in [-0.1, -0.05) is 18.2 Å². The van der Waals surface area contributed by atoms with Crippen molar-refractivity contribution in [2.45, 2.75) is 32.5 Å². The zero-order valence-corrected chi connectivity index (χ0v) is 17.1. The molecule has 0 fully saturated rings. The van der Waals surface area contributed by atoms with Crippen molar-refractivity contribution in [1.82, 2.24) is 24.1 Å². The van der Waals surface area contributed by atoms with Gasteiger partial charge in [0.1, 0.15) is 17.2 Å². The number of hydrogen-bond acceptors (Lipinski definition) is 4. The minimum atomic E-state index is -4.25. The Labute approximate surface area is 180 Å². The molecule has 1 aliphatic rings. The number of carbonyl (C=O) groups is 1. The number of amides is 1. The molecule has 10 heteroatoms. The molecule has 0 unspecified atom stereocenters. The summed E-state index contributed by atoms with van der Waals surface area (Å²) in [4.78, 5) is 21.5. The van der Waals surface area contributed by atoms with Crippen LogP contribution in [0.4, 0.5) is 18.9 Å². The molecule has 0 radical (unpaired) electrons. The van der Waals surface area contributed by atoms with E-state index in [2.05, 4.69) is 20.4 Å². The summed E-state index contributed by atoms with van der Waals surface area (Å²) in [5, 5.41) is 7.20. The second-order valence-corrected chi connectivity index (χ2v) is 7.87. The van der Waals surface area contributed by atoms with E-state index in [1.54, 1.807) is 28.8 Å². The van der Waals surface area contributed by atoms with Crippen molar-refractivity contribution >= 4 is 17.2 Å². The number of alkyl halides is 3. The molecule has 1 aliphatic heterocycles. The fourth-order valence-electron chi connectivity index (χ4n) is 3.88. The van der Waals surface area contributed by atoms with E-state index in [1.165, 1.54) is 10.9 Å². The van der Waals surface area contributed by atoms with Gasteiger partial charge in [0, 0.05) is 23.9 Å². The lowest BCUT2D eigenvalue weighted by atomic mass is 9.99. The first-order valence-corrected chi connectivity index (χ1v) is 10.1. The van der Waals surface area contributed by atoms with Crippen molar-refractivity contribution in [3.63, 3.8) is 0 Å². The van der Waals surface area contributed by atoms with Crippen molar-refractivity contribution < 1.29 is 18.0 Å². The number of benzene rings is 1. The highest BCUT2D eigenvalue weighted by Crippen LogP contribution is 2.34. The molecule has 0 saturated carbocycles. The van der Waals surface area contributed by atoms with Gasteiger partial charge in [-0.15, -0.1) is 0 Å². The van der Waals surface area contributed by atoms with Gasteiger partial charge in [0.25, 0.3) is 5.91 Å². The van der Waals surface area contributed by atoms with Crippen molar-refractivity contribution in [2.75, 3.05) is 5.32 Å². The van der Waals surface area contributed by atoms with Gasteiger partial charge in [-0.2, -0.15) is 18.3 Å². The normalized spacial score (nSPS) is 16.2. The number of aryl methyl sites for hydroxylation is 2. The summed E-state index contributed by atoms with van der Waals surface area (Å²) in [5.74, 6) is -0.859. The second-order valence-electron chi connectivity index (χ2n) is 7.87. The van der Waals surface area contributed by atoms with Crippen LogP contribution in [-0.2, 0) is 13.0 Å². The summed E-state index contributed by atoms with van der Waals surface area (Å²) in [7, 11) is 0. The minimum absolute atomic E-state index is 0.0101. The number of carbonyl (C=O) groups excluding carboxylic acids is 1. The summed E-state index contributed by atoms with van der Waals surface area (Å²) in [5.41, 5.74) is 3.07. The number of rotatable bonds is 3. The first-order valence-electron chi connectivity index (χ1n) is 10.1. The van der Waals surface area contributed by atoms with Crippen molar-refractivity contribution in [2.24, 2.45) is 5.92 Å². The quantitative estimate of drug-likeness (QED) is 0.516. The van der Waals surface area contributed by atoms with Crippen LogP contribution >= 0.6 is 0 Å². The van der Waals surface area contributed by atoms with E-state index in [1.807, 2.05) is 25.1 Å². The molecule has 1 N–H and O–H groups in total. The molecule has 0 bridgehead atoms. The van der Waals surface area contributed by atoms with Crippen LogP contribution in [-0.4, -0.2) is 36.2 Å². The van der Waals surface area contributed by atoms with Crippen molar-refractivity contribution in [3.8, 4) is 11.4 Å². The van der Waals surface area contributed by atoms with E-state index in [0.29, 0.717) is 34.2 Å². The van der Waals surface area contributed by atoms with Gasteiger partial charge in [-0.3, -0.25) is 9.20 Å². The summed E-state index contributed by atoms with van der Waals surface area (Å²) in [6.45, 7) is 1.63. The Morgan fingerprint density at radius 3 is 2.88 bits per heavy atom. The van der Waals surface area contributed by atoms with Gasteiger partial charge < -0.3 is 5.32 Å². The van der Waals surface area contributed by atoms with Crippen LogP contribution in [0.1, 0.15) is 28.3 Å². The van der Waals surface area contributed by atoms with Crippen molar-refractivity contribution in [1.29, 1.82) is 0 Å². The number of nitrogens with zero attached hydrogens (tertiary/aromatic N) is 5. The Bertz CT molecular complexity index is 1320. The highest BCUT2D eigenvalue weighted by atomic mass is 19.4. The van der Waals surface area contributed by atoms with Gasteiger partial charge in [0.2, 0.25) is 0 Å². The number of aromatic nitrogens is 5. The Morgan fingerprint density at radius 2 is 2.06 bits per heavy atom. The highest BCUT2D eigenvalue weighted by Gasteiger charge is 2.42. The molecular weight excluding hydrogens is 421 g/mol. The monoisotopic (exact) mass is 440 g/mol. The number of halogens is 3. The number of nitrogens with one attached hydrogen (secondary N) is 1. The Kier molecular flexibility index (Phi) is 4.72. The highest BCUT2D eigenvalue weighted by molar-refractivity contribution is 6.04. The van der Waals surface area contributed by atoms with Crippen LogP contribution in [0.5, 0.6) is 0 Å². The van der Waals surface area contributed by atoms with E-state index >= 15 is 0 Å². The lowest BCUT2D eigenvalue weighted by Crippen LogP contribution is -2.32. The molecule has 1 amide bonds. The van der Waals surface area contributed by atoms with Crippen LogP contribution in [0.15, 0.2) is 48.8 Å². The summed E-state index contributed by atoms with van der Waals surface area (Å²) >= 11 is 0. The number of imidazole rings is 1. The standard InChI is InChI=1S/C22H19F3N6O/c1-13-5-6-14(20-28-19-8-7-15(22(23,24)25)12-31(19)29-20)10-16(13)27-21(32)17-11-26-18-4-2-3-9-30(17)18/h2-6,9-11,15H,7-8,12H2,1H3,(H,27,32)/t15-/m0/s1. The fourth-order valence-corrected chi connectivity index (χ4v) is 3.88. The van der Waals surface area contributed by atoms with E-state index in [9.17, 15) is 18.0 Å². The first kappa shape index (κ1) is 20.2. The molecule has 3 aromatic heterocycles. The molecule has 7 nitrogen and oxygen atoms in total. The minimum Gasteiger partial charge on any atom is -0.320 e. The molecule has 0 aliphatic carbocycles. The number of fused-ring (bicyclic) bond motifs is 2. The van der Waals surface area contributed by atoms with Gasteiger partial charge in [-0.05, 0) is 37.1 Å². The molecule has 0 spiro atoms. The first-order chi connectivity index (χ1) is 15.3. The molecule has 4 heterocycles. The predicted octanol–water partition coefficient (Wildman–Crippen LogP) is 4.28. The van der Waals surface area contributed by atoms with E-state index in [4.69, 9.17) is 0 Å². The summed E-state index contributed by atoms with van der Waals surface area (Å²) in [6.07, 6.45) is -0.750. The van der Waals surface area contributed by atoms with Gasteiger partial charge in [0.05, 0.1) is 18.7 Å². The average Bonchev–Trinajstić information content (AvgIpc) is 3.38. The predicted molar refractivity (Wildman–Crippen MR) is 111 cm³/mol.